The van der Waals surface area contributed by atoms with Crippen molar-refractivity contribution < 1.29 is 27.5 Å². The molecule has 1 atom stereocenters. The van der Waals surface area contributed by atoms with E-state index in [4.69, 9.17) is 9.47 Å². The Labute approximate surface area is 284 Å². The van der Waals surface area contributed by atoms with E-state index in [1.807, 2.05) is 95.3 Å². The second-order valence-corrected chi connectivity index (χ2v) is 14.1. The predicted octanol–water partition coefficient (Wildman–Crippen LogP) is 5.99. The zero-order chi connectivity index (χ0) is 35.0. The summed E-state index contributed by atoms with van der Waals surface area (Å²) >= 11 is 0. The van der Waals surface area contributed by atoms with Gasteiger partial charge in [0.05, 0.1) is 24.8 Å². The highest BCUT2D eigenvalue weighted by molar-refractivity contribution is 7.92. The van der Waals surface area contributed by atoms with Crippen LogP contribution in [0, 0.1) is 20.8 Å². The molecule has 1 N–H and O–H groups in total. The fourth-order valence-corrected chi connectivity index (χ4v) is 6.97. The lowest BCUT2D eigenvalue weighted by Gasteiger charge is -2.34. The third kappa shape index (κ3) is 8.95. The zero-order valence-electron chi connectivity index (χ0n) is 28.7. The molecule has 48 heavy (non-hydrogen) atoms. The predicted molar refractivity (Wildman–Crippen MR) is 189 cm³/mol. The SMILES string of the molecule is COc1ccc(S(=O)(=O)N(CC(=O)N(Cc2ccc(C)cc2)[C@H](Cc2ccccc2)C(=O)NC(C)C)c2cc(C)cc(C)c2)cc1OC. The topological polar surface area (TPSA) is 105 Å². The molecule has 0 aliphatic carbocycles. The first kappa shape index (κ1) is 36.0. The molecule has 4 aromatic rings. The molecule has 0 radical (unpaired) electrons. The van der Waals surface area contributed by atoms with Gasteiger partial charge >= 0.3 is 0 Å². The second-order valence-electron chi connectivity index (χ2n) is 12.3. The Bertz CT molecular complexity index is 1810. The average molecular weight is 672 g/mol. The molecule has 0 unspecified atom stereocenters. The van der Waals surface area contributed by atoms with Crippen LogP contribution in [-0.4, -0.2) is 58.0 Å². The van der Waals surface area contributed by atoms with Gasteiger partial charge in [0, 0.05) is 25.1 Å². The van der Waals surface area contributed by atoms with Crippen LogP contribution in [0.5, 0.6) is 11.5 Å². The van der Waals surface area contributed by atoms with Crippen molar-refractivity contribution in [2.45, 2.75) is 64.6 Å². The molecule has 4 aromatic carbocycles. The maximum atomic E-state index is 14.7. The second kappa shape index (κ2) is 15.8. The van der Waals surface area contributed by atoms with Gasteiger partial charge in [0.2, 0.25) is 11.8 Å². The van der Waals surface area contributed by atoms with Crippen LogP contribution >= 0.6 is 0 Å². The van der Waals surface area contributed by atoms with Gasteiger partial charge in [-0.2, -0.15) is 0 Å². The van der Waals surface area contributed by atoms with Crippen molar-refractivity contribution in [2.24, 2.45) is 0 Å². The number of ether oxygens (including phenoxy) is 2. The summed E-state index contributed by atoms with van der Waals surface area (Å²) in [6, 6.07) is 25.8. The van der Waals surface area contributed by atoms with E-state index in [2.05, 4.69) is 5.32 Å². The van der Waals surface area contributed by atoms with Crippen LogP contribution in [0.15, 0.2) is 95.9 Å². The van der Waals surface area contributed by atoms with E-state index in [9.17, 15) is 18.0 Å². The van der Waals surface area contributed by atoms with Gasteiger partial charge in [-0.05, 0) is 81.1 Å². The molecule has 0 saturated carbocycles. The summed E-state index contributed by atoms with van der Waals surface area (Å²) in [4.78, 5) is 30.0. The van der Waals surface area contributed by atoms with E-state index in [0.29, 0.717) is 11.4 Å². The molecule has 0 spiro atoms. The van der Waals surface area contributed by atoms with Crippen molar-refractivity contribution in [1.29, 1.82) is 0 Å². The minimum atomic E-state index is -4.33. The van der Waals surface area contributed by atoms with Crippen molar-refractivity contribution in [1.82, 2.24) is 10.2 Å². The number of benzene rings is 4. The summed E-state index contributed by atoms with van der Waals surface area (Å²) in [5.74, 6) is -0.247. The lowest BCUT2D eigenvalue weighted by Crippen LogP contribution is -2.54. The maximum Gasteiger partial charge on any atom is 0.264 e. The molecular formula is C38H45N3O6S. The van der Waals surface area contributed by atoms with E-state index >= 15 is 0 Å². The number of carbonyl (C=O) groups excluding carboxylic acids is 2. The van der Waals surface area contributed by atoms with Crippen LogP contribution in [0.2, 0.25) is 0 Å². The molecule has 9 nitrogen and oxygen atoms in total. The fourth-order valence-electron chi connectivity index (χ4n) is 5.55. The molecule has 0 saturated heterocycles. The first-order chi connectivity index (χ1) is 22.8. The number of carbonyl (C=O) groups is 2. The van der Waals surface area contributed by atoms with Crippen molar-refractivity contribution in [3.8, 4) is 11.5 Å². The normalized spacial score (nSPS) is 11.9. The molecule has 254 valence electrons. The summed E-state index contributed by atoms with van der Waals surface area (Å²) < 4.78 is 40.8. The lowest BCUT2D eigenvalue weighted by molar-refractivity contribution is -0.140. The zero-order valence-corrected chi connectivity index (χ0v) is 29.5. The third-order valence-corrected chi connectivity index (χ3v) is 9.66. The van der Waals surface area contributed by atoms with E-state index < -0.39 is 28.5 Å². The number of hydrogen-bond donors (Lipinski definition) is 1. The summed E-state index contributed by atoms with van der Waals surface area (Å²) in [6.45, 7) is 8.99. The maximum absolute atomic E-state index is 14.7. The van der Waals surface area contributed by atoms with Gasteiger partial charge in [0.25, 0.3) is 10.0 Å². The molecule has 0 bridgehead atoms. The highest BCUT2D eigenvalue weighted by Crippen LogP contribution is 2.33. The number of nitrogens with one attached hydrogen (secondary N) is 1. The minimum absolute atomic E-state index is 0.0735. The highest BCUT2D eigenvalue weighted by atomic mass is 32.2. The van der Waals surface area contributed by atoms with Gasteiger partial charge in [-0.25, -0.2) is 8.42 Å². The smallest absolute Gasteiger partial charge is 0.264 e. The molecule has 0 fully saturated rings. The van der Waals surface area contributed by atoms with E-state index in [-0.39, 0.29) is 35.6 Å². The number of rotatable bonds is 14. The Kier molecular flexibility index (Phi) is 11.9. The standard InChI is InChI=1S/C38H45N3O6S/c1-26(2)39-38(43)34(22-30-11-9-8-10-12-30)40(24-31-15-13-27(3)14-16-31)37(42)25-41(32-20-28(4)19-29(5)21-32)48(44,45)33-17-18-35(46-6)36(23-33)47-7/h8-21,23,26,34H,22,24-25H2,1-7H3,(H,39,43)/t34-/m1/s1. The number of methoxy groups -OCH3 is 2. The van der Waals surface area contributed by atoms with E-state index in [0.717, 1.165) is 32.1 Å². The van der Waals surface area contributed by atoms with Crippen molar-refractivity contribution in [2.75, 3.05) is 25.1 Å². The molecular weight excluding hydrogens is 627 g/mol. The Hall–Kier alpha value is -4.83. The number of sulfonamides is 1. The van der Waals surface area contributed by atoms with Gasteiger partial charge in [-0.1, -0.05) is 66.2 Å². The number of hydrogen-bond acceptors (Lipinski definition) is 6. The van der Waals surface area contributed by atoms with Crippen molar-refractivity contribution >= 4 is 27.5 Å². The Morgan fingerprint density at radius 3 is 1.96 bits per heavy atom. The molecule has 0 aromatic heterocycles. The number of anilines is 1. The van der Waals surface area contributed by atoms with E-state index in [1.54, 1.807) is 12.1 Å². The molecule has 0 heterocycles. The number of aryl methyl sites for hydroxylation is 3. The average Bonchev–Trinajstić information content (AvgIpc) is 3.05. The van der Waals surface area contributed by atoms with Gasteiger partial charge in [-0.15, -0.1) is 0 Å². The van der Waals surface area contributed by atoms with Crippen LogP contribution in [0.1, 0.15) is 41.7 Å². The first-order valence-electron chi connectivity index (χ1n) is 15.8. The quantitative estimate of drug-likeness (QED) is 0.177. The molecule has 0 aliphatic heterocycles. The summed E-state index contributed by atoms with van der Waals surface area (Å²) in [5, 5.41) is 2.98. The summed E-state index contributed by atoms with van der Waals surface area (Å²) in [7, 11) is -1.43. The van der Waals surface area contributed by atoms with Crippen LogP contribution in [-0.2, 0) is 32.6 Å². The van der Waals surface area contributed by atoms with Crippen LogP contribution in [0.3, 0.4) is 0 Å². The van der Waals surface area contributed by atoms with Crippen molar-refractivity contribution in [3.05, 3.63) is 119 Å². The number of nitrogens with zero attached hydrogens (tertiary/aromatic N) is 2. The summed E-state index contributed by atoms with van der Waals surface area (Å²) in [6.07, 6.45) is 0.239. The third-order valence-electron chi connectivity index (χ3n) is 7.89. The molecule has 0 aliphatic rings. The first-order valence-corrected chi connectivity index (χ1v) is 17.3. The van der Waals surface area contributed by atoms with E-state index in [1.165, 1.54) is 37.3 Å². The minimum Gasteiger partial charge on any atom is -0.493 e. The van der Waals surface area contributed by atoms with Crippen LogP contribution < -0.4 is 19.1 Å². The lowest BCUT2D eigenvalue weighted by atomic mass is 10.0. The fraction of sp³-hybridized carbons (Fsp3) is 0.316. The Morgan fingerprint density at radius 1 is 0.750 bits per heavy atom. The molecule has 4 rings (SSSR count). The molecule has 10 heteroatoms. The highest BCUT2D eigenvalue weighted by Gasteiger charge is 2.35. The van der Waals surface area contributed by atoms with Crippen LogP contribution in [0.4, 0.5) is 5.69 Å². The Balaban J connectivity index is 1.85. The van der Waals surface area contributed by atoms with Gasteiger partial charge in [-0.3, -0.25) is 13.9 Å². The van der Waals surface area contributed by atoms with Crippen molar-refractivity contribution in [3.63, 3.8) is 0 Å². The van der Waals surface area contributed by atoms with Gasteiger partial charge in [0.1, 0.15) is 12.6 Å². The largest absolute Gasteiger partial charge is 0.493 e. The Morgan fingerprint density at radius 2 is 1.38 bits per heavy atom. The monoisotopic (exact) mass is 671 g/mol. The van der Waals surface area contributed by atoms with Gasteiger partial charge < -0.3 is 19.7 Å². The number of amides is 2. The van der Waals surface area contributed by atoms with Crippen LogP contribution in [0.25, 0.3) is 0 Å². The summed E-state index contributed by atoms with van der Waals surface area (Å²) in [5.41, 5.74) is 4.73. The van der Waals surface area contributed by atoms with Gasteiger partial charge in [0.15, 0.2) is 11.5 Å². The molecule has 2 amide bonds.